The summed E-state index contributed by atoms with van der Waals surface area (Å²) in [5.41, 5.74) is 0.984. The second-order valence-electron chi connectivity index (χ2n) is 4.49. The van der Waals surface area contributed by atoms with Crippen molar-refractivity contribution in [3.05, 3.63) is 33.8 Å². The smallest absolute Gasteiger partial charge is 0.223 e. The van der Waals surface area contributed by atoms with Crippen molar-refractivity contribution < 1.29 is 4.79 Å². The minimum Gasteiger partial charge on any atom is -0.355 e. The number of rotatable bonds is 5. The van der Waals surface area contributed by atoms with Gasteiger partial charge in [0.25, 0.3) is 0 Å². The lowest BCUT2D eigenvalue weighted by Gasteiger charge is -2.06. The number of hydrogen-bond acceptors (Lipinski definition) is 2. The highest BCUT2D eigenvalue weighted by Crippen LogP contribution is 2.50. The first kappa shape index (κ1) is 16.6. The van der Waals surface area contributed by atoms with Crippen LogP contribution < -0.4 is 10.6 Å². The van der Waals surface area contributed by atoms with Gasteiger partial charge in [0.1, 0.15) is 0 Å². The second kappa shape index (κ2) is 7.34. The largest absolute Gasteiger partial charge is 0.355 e. The highest BCUT2D eigenvalue weighted by Gasteiger charge is 2.44. The molecule has 1 aromatic carbocycles. The molecule has 1 amide bonds. The molecule has 1 fully saturated rings. The van der Waals surface area contributed by atoms with E-state index in [-0.39, 0.29) is 30.2 Å². The predicted molar refractivity (Wildman–Crippen MR) is 81.5 cm³/mol. The summed E-state index contributed by atoms with van der Waals surface area (Å²) in [6.45, 7) is 1.43. The normalized spacial score (nSPS) is 20.6. The van der Waals surface area contributed by atoms with Crippen molar-refractivity contribution in [3.63, 3.8) is 0 Å². The van der Waals surface area contributed by atoms with Gasteiger partial charge >= 0.3 is 0 Å². The number of carbonyl (C=O) groups is 1. The average Bonchev–Trinajstić information content (AvgIpc) is 3.13. The fourth-order valence-electron chi connectivity index (χ4n) is 2.08. The van der Waals surface area contributed by atoms with Crippen LogP contribution in [-0.4, -0.2) is 26.0 Å². The van der Waals surface area contributed by atoms with E-state index >= 15 is 0 Å². The van der Waals surface area contributed by atoms with Crippen molar-refractivity contribution in [1.82, 2.24) is 10.6 Å². The van der Waals surface area contributed by atoms with Crippen molar-refractivity contribution in [2.45, 2.75) is 12.3 Å². The quantitative estimate of drug-likeness (QED) is 0.818. The molecule has 1 aliphatic rings. The van der Waals surface area contributed by atoms with Crippen molar-refractivity contribution in [2.24, 2.45) is 5.92 Å². The van der Waals surface area contributed by atoms with Crippen molar-refractivity contribution in [3.8, 4) is 0 Å². The van der Waals surface area contributed by atoms with Crippen LogP contribution in [0.2, 0.25) is 10.0 Å². The SMILES string of the molecule is CNCCNC(=O)C1CC1c1cccc(Cl)c1Cl.Cl. The van der Waals surface area contributed by atoms with Gasteiger partial charge in [-0.3, -0.25) is 4.79 Å². The summed E-state index contributed by atoms with van der Waals surface area (Å²) in [4.78, 5) is 11.8. The standard InChI is InChI=1S/C13H16Cl2N2O.ClH/c1-16-5-6-17-13(18)10-7-9(10)8-3-2-4-11(14)12(8)15;/h2-4,9-10,16H,5-7H2,1H3,(H,17,18);1H. The molecule has 0 heterocycles. The Bertz CT molecular complexity index is 454. The molecule has 0 bridgehead atoms. The van der Waals surface area contributed by atoms with Crippen LogP contribution in [0.3, 0.4) is 0 Å². The number of benzene rings is 1. The number of nitrogens with one attached hydrogen (secondary N) is 2. The van der Waals surface area contributed by atoms with Gasteiger partial charge in [0, 0.05) is 19.0 Å². The molecule has 2 unspecified atom stereocenters. The van der Waals surface area contributed by atoms with Gasteiger partial charge in [0.15, 0.2) is 0 Å². The maximum absolute atomic E-state index is 11.8. The lowest BCUT2D eigenvalue weighted by Crippen LogP contribution is -2.31. The summed E-state index contributed by atoms with van der Waals surface area (Å²) in [6.07, 6.45) is 0.853. The van der Waals surface area contributed by atoms with Gasteiger partial charge in [0.2, 0.25) is 5.91 Å². The average molecular weight is 324 g/mol. The number of halogens is 3. The summed E-state index contributed by atoms with van der Waals surface area (Å²) in [5.74, 6) is 0.356. The zero-order valence-electron chi connectivity index (χ0n) is 10.6. The topological polar surface area (TPSA) is 41.1 Å². The Morgan fingerprint density at radius 3 is 2.79 bits per heavy atom. The minimum absolute atomic E-state index is 0. The van der Waals surface area contributed by atoms with E-state index in [1.807, 2.05) is 19.2 Å². The minimum atomic E-state index is 0. The van der Waals surface area contributed by atoms with Crippen LogP contribution in [0.4, 0.5) is 0 Å². The van der Waals surface area contributed by atoms with E-state index in [0.29, 0.717) is 16.6 Å². The van der Waals surface area contributed by atoms with Gasteiger partial charge in [0.05, 0.1) is 10.0 Å². The van der Waals surface area contributed by atoms with Crippen molar-refractivity contribution >= 4 is 41.5 Å². The molecule has 1 saturated carbocycles. The van der Waals surface area contributed by atoms with Gasteiger partial charge in [-0.1, -0.05) is 35.3 Å². The van der Waals surface area contributed by atoms with E-state index in [0.717, 1.165) is 18.5 Å². The fourth-order valence-corrected chi connectivity index (χ4v) is 2.53. The summed E-state index contributed by atoms with van der Waals surface area (Å²) in [5, 5.41) is 7.02. The van der Waals surface area contributed by atoms with Crippen LogP contribution in [0.15, 0.2) is 18.2 Å². The molecule has 3 nitrogen and oxygen atoms in total. The summed E-state index contributed by atoms with van der Waals surface area (Å²) < 4.78 is 0. The van der Waals surface area contributed by atoms with Crippen molar-refractivity contribution in [1.29, 1.82) is 0 Å². The molecule has 0 aliphatic heterocycles. The van der Waals surface area contributed by atoms with E-state index in [9.17, 15) is 4.79 Å². The van der Waals surface area contributed by atoms with Gasteiger partial charge in [-0.15, -0.1) is 12.4 Å². The monoisotopic (exact) mass is 322 g/mol. The van der Waals surface area contributed by atoms with E-state index in [1.165, 1.54) is 0 Å². The molecule has 2 atom stereocenters. The maximum atomic E-state index is 11.8. The molecule has 2 N–H and O–H groups in total. The lowest BCUT2D eigenvalue weighted by molar-refractivity contribution is -0.122. The van der Waals surface area contributed by atoms with E-state index in [2.05, 4.69) is 10.6 Å². The Morgan fingerprint density at radius 1 is 1.37 bits per heavy atom. The molecule has 106 valence electrons. The molecule has 0 spiro atoms. The van der Waals surface area contributed by atoms with Gasteiger partial charge < -0.3 is 10.6 Å². The molecule has 0 aromatic heterocycles. The number of carbonyl (C=O) groups excluding carboxylic acids is 1. The molecule has 1 aliphatic carbocycles. The number of hydrogen-bond donors (Lipinski definition) is 2. The van der Waals surface area contributed by atoms with Crippen LogP contribution in [0.1, 0.15) is 17.9 Å². The number of likely N-dealkylation sites (N-methyl/N-ethyl adjacent to an activating group) is 1. The Morgan fingerprint density at radius 2 is 2.11 bits per heavy atom. The predicted octanol–water partition coefficient (Wildman–Crippen LogP) is 2.85. The van der Waals surface area contributed by atoms with Crippen LogP contribution >= 0.6 is 35.6 Å². The Hall–Kier alpha value is -0.480. The third kappa shape index (κ3) is 3.99. The Labute approximate surface area is 129 Å². The molecular weight excluding hydrogens is 307 g/mol. The molecule has 6 heteroatoms. The summed E-state index contributed by atoms with van der Waals surface area (Å²) >= 11 is 12.1. The first-order valence-electron chi connectivity index (χ1n) is 6.01. The lowest BCUT2D eigenvalue weighted by atomic mass is 10.1. The molecular formula is C13H17Cl3N2O. The van der Waals surface area contributed by atoms with Gasteiger partial charge in [-0.05, 0) is 31.0 Å². The van der Waals surface area contributed by atoms with Crippen LogP contribution in [-0.2, 0) is 4.79 Å². The van der Waals surface area contributed by atoms with E-state index < -0.39 is 0 Å². The number of amides is 1. The highest BCUT2D eigenvalue weighted by molar-refractivity contribution is 6.42. The molecule has 0 saturated heterocycles. The van der Waals surface area contributed by atoms with E-state index in [1.54, 1.807) is 6.07 Å². The molecule has 19 heavy (non-hydrogen) atoms. The molecule has 0 radical (unpaired) electrons. The van der Waals surface area contributed by atoms with Gasteiger partial charge in [-0.25, -0.2) is 0 Å². The first-order valence-corrected chi connectivity index (χ1v) is 6.77. The first-order chi connectivity index (χ1) is 8.65. The Kier molecular flexibility index (Phi) is 6.40. The molecule has 1 aromatic rings. The second-order valence-corrected chi connectivity index (χ2v) is 5.27. The highest BCUT2D eigenvalue weighted by atomic mass is 35.5. The van der Waals surface area contributed by atoms with E-state index in [4.69, 9.17) is 23.2 Å². The maximum Gasteiger partial charge on any atom is 0.223 e. The third-order valence-electron chi connectivity index (χ3n) is 3.18. The van der Waals surface area contributed by atoms with Crippen LogP contribution in [0, 0.1) is 5.92 Å². The van der Waals surface area contributed by atoms with Crippen LogP contribution in [0.25, 0.3) is 0 Å². The van der Waals surface area contributed by atoms with Gasteiger partial charge in [-0.2, -0.15) is 0 Å². The summed E-state index contributed by atoms with van der Waals surface area (Å²) in [7, 11) is 1.86. The Balaban J connectivity index is 0.00000180. The van der Waals surface area contributed by atoms with Crippen molar-refractivity contribution in [2.75, 3.05) is 20.1 Å². The molecule has 2 rings (SSSR count). The summed E-state index contributed by atoms with van der Waals surface area (Å²) in [6, 6.07) is 5.58. The third-order valence-corrected chi connectivity index (χ3v) is 4.02. The fraction of sp³-hybridized carbons (Fsp3) is 0.462. The zero-order chi connectivity index (χ0) is 13.1. The van der Waals surface area contributed by atoms with Crippen LogP contribution in [0.5, 0.6) is 0 Å². The zero-order valence-corrected chi connectivity index (χ0v) is 12.9.